The molecule has 0 aliphatic rings. The van der Waals surface area contributed by atoms with Crippen molar-refractivity contribution in [1.29, 1.82) is 0 Å². The van der Waals surface area contributed by atoms with Gasteiger partial charge in [-0.1, -0.05) is 66.9 Å². The van der Waals surface area contributed by atoms with Crippen LogP contribution in [0.1, 0.15) is 44.7 Å². The van der Waals surface area contributed by atoms with E-state index in [0.29, 0.717) is 11.4 Å². The summed E-state index contributed by atoms with van der Waals surface area (Å²) in [5.74, 6) is -0.800. The molecule has 35 heavy (non-hydrogen) atoms. The van der Waals surface area contributed by atoms with Crippen LogP contribution in [-0.2, 0) is 26.2 Å². The number of carbonyl (C=O) groups excluding carboxylic acids is 2. The second kappa shape index (κ2) is 12.6. The van der Waals surface area contributed by atoms with Crippen molar-refractivity contribution in [2.45, 2.75) is 59.2 Å². The second-order valence-corrected chi connectivity index (χ2v) is 11.4. The molecule has 7 nitrogen and oxygen atoms in total. The normalized spacial score (nSPS) is 13.1. The standard InChI is InChI=1S/C25H33Cl2N3O4S/c1-6-18(4)28-25(32)22(7-2)29(15-19-10-8-17(3)9-11-19)24(31)16-30(35(5,33)34)23-13-12-20(26)14-21(23)27/h8-14,18,22H,6-7,15-16H2,1-5H3,(H,28,32). The van der Waals surface area contributed by atoms with Crippen molar-refractivity contribution in [3.63, 3.8) is 0 Å². The molecule has 0 bridgehead atoms. The van der Waals surface area contributed by atoms with Crippen LogP contribution in [0.25, 0.3) is 0 Å². The molecule has 2 aromatic carbocycles. The fraction of sp³-hybridized carbons (Fsp3) is 0.440. The number of anilines is 1. The van der Waals surface area contributed by atoms with Crippen molar-refractivity contribution >= 4 is 50.7 Å². The van der Waals surface area contributed by atoms with Crippen molar-refractivity contribution in [2.75, 3.05) is 17.1 Å². The van der Waals surface area contributed by atoms with E-state index in [1.54, 1.807) is 0 Å². The number of rotatable bonds is 11. The van der Waals surface area contributed by atoms with Gasteiger partial charge in [0, 0.05) is 17.6 Å². The Morgan fingerprint density at radius 3 is 2.17 bits per heavy atom. The smallest absolute Gasteiger partial charge is 0.244 e. The largest absolute Gasteiger partial charge is 0.352 e. The quantitative estimate of drug-likeness (QED) is 0.443. The number of carbonyl (C=O) groups is 2. The molecule has 2 aromatic rings. The van der Waals surface area contributed by atoms with Crippen LogP contribution in [0.3, 0.4) is 0 Å². The van der Waals surface area contributed by atoms with Crippen molar-refractivity contribution in [3.05, 3.63) is 63.6 Å². The molecule has 0 fully saturated rings. The third-order valence-corrected chi connectivity index (χ3v) is 7.38. The minimum Gasteiger partial charge on any atom is -0.352 e. The third kappa shape index (κ3) is 8.12. The Balaban J connectivity index is 2.46. The molecule has 0 radical (unpaired) electrons. The number of hydrogen-bond donors (Lipinski definition) is 1. The molecule has 0 saturated carbocycles. The molecule has 10 heteroatoms. The maximum atomic E-state index is 13.7. The predicted molar refractivity (Wildman–Crippen MR) is 142 cm³/mol. The summed E-state index contributed by atoms with van der Waals surface area (Å²) in [6, 6.07) is 11.2. The minimum absolute atomic E-state index is 0.0618. The number of hydrogen-bond acceptors (Lipinski definition) is 4. The Labute approximate surface area is 218 Å². The first kappa shape index (κ1) is 28.9. The van der Waals surface area contributed by atoms with Crippen molar-refractivity contribution in [3.8, 4) is 0 Å². The van der Waals surface area contributed by atoms with Crippen LogP contribution < -0.4 is 9.62 Å². The van der Waals surface area contributed by atoms with E-state index in [9.17, 15) is 18.0 Å². The Hall–Kier alpha value is -2.29. The summed E-state index contributed by atoms with van der Waals surface area (Å²) in [5.41, 5.74) is 2.03. The highest BCUT2D eigenvalue weighted by Crippen LogP contribution is 2.30. The van der Waals surface area contributed by atoms with Gasteiger partial charge >= 0.3 is 0 Å². The molecule has 0 spiro atoms. The van der Waals surface area contributed by atoms with Crippen molar-refractivity contribution < 1.29 is 18.0 Å². The lowest BCUT2D eigenvalue weighted by molar-refractivity contribution is -0.140. The van der Waals surface area contributed by atoms with Crippen LogP contribution in [0.2, 0.25) is 10.0 Å². The monoisotopic (exact) mass is 541 g/mol. The SMILES string of the molecule is CCC(C)NC(=O)C(CC)N(Cc1ccc(C)cc1)C(=O)CN(c1ccc(Cl)cc1Cl)S(C)(=O)=O. The molecule has 0 saturated heterocycles. The summed E-state index contributed by atoms with van der Waals surface area (Å²) in [6.07, 6.45) is 2.11. The van der Waals surface area contributed by atoms with E-state index in [0.717, 1.165) is 28.1 Å². The van der Waals surface area contributed by atoms with E-state index in [4.69, 9.17) is 23.2 Å². The highest BCUT2D eigenvalue weighted by Gasteiger charge is 2.32. The summed E-state index contributed by atoms with van der Waals surface area (Å²) >= 11 is 12.2. The van der Waals surface area contributed by atoms with Gasteiger partial charge in [-0.25, -0.2) is 8.42 Å². The molecule has 0 aliphatic carbocycles. The fourth-order valence-electron chi connectivity index (χ4n) is 3.53. The first-order valence-corrected chi connectivity index (χ1v) is 14.1. The van der Waals surface area contributed by atoms with Gasteiger partial charge < -0.3 is 10.2 Å². The molecule has 0 heterocycles. The highest BCUT2D eigenvalue weighted by atomic mass is 35.5. The molecule has 2 atom stereocenters. The van der Waals surface area contributed by atoms with Crippen LogP contribution in [0.5, 0.6) is 0 Å². The molecule has 2 unspecified atom stereocenters. The van der Waals surface area contributed by atoms with Gasteiger partial charge in [0.05, 0.1) is 17.0 Å². The Morgan fingerprint density at radius 1 is 1.03 bits per heavy atom. The first-order chi connectivity index (χ1) is 16.4. The van der Waals surface area contributed by atoms with Gasteiger partial charge in [-0.3, -0.25) is 13.9 Å². The number of nitrogens with one attached hydrogen (secondary N) is 1. The summed E-state index contributed by atoms with van der Waals surface area (Å²) in [4.78, 5) is 28.2. The summed E-state index contributed by atoms with van der Waals surface area (Å²) in [6.45, 7) is 7.27. The summed E-state index contributed by atoms with van der Waals surface area (Å²) in [7, 11) is -3.88. The van der Waals surface area contributed by atoms with Gasteiger partial charge in [0.25, 0.3) is 0 Å². The van der Waals surface area contributed by atoms with Crippen molar-refractivity contribution in [1.82, 2.24) is 10.2 Å². The molecule has 2 amide bonds. The lowest BCUT2D eigenvalue weighted by Gasteiger charge is -2.33. The number of sulfonamides is 1. The molecule has 0 aromatic heterocycles. The van der Waals surface area contributed by atoms with Gasteiger partial charge in [-0.2, -0.15) is 0 Å². The van der Waals surface area contributed by atoms with E-state index >= 15 is 0 Å². The zero-order chi connectivity index (χ0) is 26.3. The van der Waals surface area contributed by atoms with E-state index < -0.39 is 28.5 Å². The van der Waals surface area contributed by atoms with Crippen LogP contribution in [0.15, 0.2) is 42.5 Å². The van der Waals surface area contributed by atoms with Crippen LogP contribution in [0, 0.1) is 6.92 Å². The number of halogens is 2. The lowest BCUT2D eigenvalue weighted by atomic mass is 10.1. The Morgan fingerprint density at radius 2 is 1.66 bits per heavy atom. The second-order valence-electron chi connectivity index (χ2n) is 8.61. The molecular weight excluding hydrogens is 509 g/mol. The average molecular weight is 543 g/mol. The number of amides is 2. The van der Waals surface area contributed by atoms with E-state index in [2.05, 4.69) is 5.32 Å². The maximum absolute atomic E-state index is 13.7. The highest BCUT2D eigenvalue weighted by molar-refractivity contribution is 7.92. The Kier molecular flexibility index (Phi) is 10.4. The van der Waals surface area contributed by atoms with Crippen LogP contribution in [-0.4, -0.2) is 50.0 Å². The van der Waals surface area contributed by atoms with Gasteiger partial charge in [0.15, 0.2) is 0 Å². The number of benzene rings is 2. The fourth-order valence-corrected chi connectivity index (χ4v) is 4.95. The molecule has 1 N–H and O–H groups in total. The summed E-state index contributed by atoms with van der Waals surface area (Å²) < 4.78 is 26.3. The van der Waals surface area contributed by atoms with E-state index in [-0.39, 0.29) is 29.2 Å². The van der Waals surface area contributed by atoms with Crippen molar-refractivity contribution in [2.24, 2.45) is 0 Å². The first-order valence-electron chi connectivity index (χ1n) is 11.5. The lowest BCUT2D eigenvalue weighted by Crippen LogP contribution is -2.53. The third-order valence-electron chi connectivity index (χ3n) is 5.72. The van der Waals surface area contributed by atoms with Gasteiger partial charge in [0.2, 0.25) is 21.8 Å². The van der Waals surface area contributed by atoms with Crippen LogP contribution in [0.4, 0.5) is 5.69 Å². The zero-order valence-electron chi connectivity index (χ0n) is 20.7. The average Bonchev–Trinajstić information content (AvgIpc) is 2.78. The molecule has 192 valence electrons. The zero-order valence-corrected chi connectivity index (χ0v) is 23.0. The maximum Gasteiger partial charge on any atom is 0.244 e. The van der Waals surface area contributed by atoms with Crippen LogP contribution >= 0.6 is 23.2 Å². The number of aryl methyl sites for hydroxylation is 1. The number of nitrogens with zero attached hydrogens (tertiary/aromatic N) is 2. The minimum atomic E-state index is -3.88. The molecular formula is C25H33Cl2N3O4S. The van der Waals surface area contributed by atoms with E-state index in [1.165, 1.54) is 23.1 Å². The van der Waals surface area contributed by atoms with Gasteiger partial charge in [-0.15, -0.1) is 0 Å². The summed E-state index contributed by atoms with van der Waals surface area (Å²) in [5, 5.41) is 3.38. The van der Waals surface area contributed by atoms with Gasteiger partial charge in [-0.05, 0) is 50.5 Å². The predicted octanol–water partition coefficient (Wildman–Crippen LogP) is 4.79. The molecule has 0 aliphatic heterocycles. The topological polar surface area (TPSA) is 86.8 Å². The van der Waals surface area contributed by atoms with Gasteiger partial charge in [0.1, 0.15) is 12.6 Å². The van der Waals surface area contributed by atoms with E-state index in [1.807, 2.05) is 52.0 Å². The molecule has 2 rings (SSSR count). The Bertz CT molecular complexity index is 1140.